The van der Waals surface area contributed by atoms with Gasteiger partial charge in [0, 0.05) is 20.2 Å². The molecule has 0 N–H and O–H groups in total. The lowest BCUT2D eigenvalue weighted by molar-refractivity contribution is 0.658. The van der Waals surface area contributed by atoms with Crippen LogP contribution >= 0.6 is 22.7 Å². The van der Waals surface area contributed by atoms with Crippen molar-refractivity contribution in [2.75, 3.05) is 0 Å². The molecule has 0 aliphatic heterocycles. The fourth-order valence-electron chi connectivity index (χ4n) is 4.02. The van der Waals surface area contributed by atoms with Crippen molar-refractivity contribution in [3.63, 3.8) is 0 Å². The molecule has 0 unspecified atom stereocenters. The third-order valence-corrected chi connectivity index (χ3v) is 6.91. The molecule has 2 aromatic heterocycles. The lowest BCUT2D eigenvalue weighted by Gasteiger charge is -2.09. The molecule has 0 saturated heterocycles. The van der Waals surface area contributed by atoms with Gasteiger partial charge in [0.2, 0.25) is 0 Å². The number of thiophene rings is 2. The van der Waals surface area contributed by atoms with Gasteiger partial charge in [0.25, 0.3) is 0 Å². The van der Waals surface area contributed by atoms with Crippen molar-refractivity contribution < 1.29 is 8.78 Å². The Morgan fingerprint density at radius 3 is 1.12 bits per heavy atom. The highest BCUT2D eigenvalue weighted by atomic mass is 32.1. The van der Waals surface area contributed by atoms with Crippen molar-refractivity contribution in [3.8, 4) is 0 Å². The summed E-state index contributed by atoms with van der Waals surface area (Å²) in [6.45, 7) is 0. The summed E-state index contributed by atoms with van der Waals surface area (Å²) in [5, 5.41) is 8.25. The number of benzene rings is 4. The van der Waals surface area contributed by atoms with Crippen LogP contribution in [0, 0.1) is 10.3 Å². The fourth-order valence-corrected chi connectivity index (χ4v) is 5.62. The maximum atomic E-state index is 13.7. The summed E-state index contributed by atoms with van der Waals surface area (Å²) in [5.74, 6) is 0. The van der Waals surface area contributed by atoms with E-state index < -0.39 is 0 Å². The molecule has 0 aliphatic carbocycles. The highest BCUT2D eigenvalue weighted by Gasteiger charge is 2.12. The molecule has 0 atom stereocenters. The van der Waals surface area contributed by atoms with Gasteiger partial charge in [-0.1, -0.05) is 36.4 Å². The number of rotatable bonds is 0. The van der Waals surface area contributed by atoms with Gasteiger partial charge in [-0.15, -0.1) is 22.7 Å². The molecule has 4 heteroatoms. The lowest BCUT2D eigenvalue weighted by Crippen LogP contribution is -1.81. The van der Waals surface area contributed by atoms with Gasteiger partial charge in [-0.25, -0.2) is 0 Å². The first kappa shape index (κ1) is 14.6. The predicted molar refractivity (Wildman–Crippen MR) is 110 cm³/mol. The number of fused-ring (bicyclic) bond motifs is 9. The van der Waals surface area contributed by atoms with Crippen molar-refractivity contribution in [1.29, 1.82) is 0 Å². The topological polar surface area (TPSA) is 0 Å². The normalized spacial score (nSPS) is 12.2. The minimum atomic E-state index is -0.159. The summed E-state index contributed by atoms with van der Waals surface area (Å²) in [7, 11) is 0. The smallest absolute Gasteiger partial charge is 0.177 e. The van der Waals surface area contributed by atoms with Crippen molar-refractivity contribution in [1.82, 2.24) is 0 Å². The van der Waals surface area contributed by atoms with Crippen molar-refractivity contribution >= 4 is 75.2 Å². The van der Waals surface area contributed by atoms with E-state index in [1.54, 1.807) is 12.1 Å². The van der Waals surface area contributed by atoms with Gasteiger partial charge in [0.1, 0.15) is 0 Å². The molecule has 0 aliphatic rings. The Morgan fingerprint density at radius 1 is 0.423 bits per heavy atom. The molecular weight excluding hydrogens is 366 g/mol. The first-order valence-corrected chi connectivity index (χ1v) is 9.87. The van der Waals surface area contributed by atoms with Crippen LogP contribution in [0.1, 0.15) is 0 Å². The van der Waals surface area contributed by atoms with Crippen molar-refractivity contribution in [2.24, 2.45) is 0 Å². The molecule has 4 aromatic carbocycles. The molecule has 6 rings (SSSR count). The van der Waals surface area contributed by atoms with Crippen LogP contribution in [0.4, 0.5) is 8.78 Å². The monoisotopic (exact) mass is 376 g/mol. The van der Waals surface area contributed by atoms with E-state index in [4.69, 9.17) is 0 Å². The molecule has 0 spiro atoms. The SMILES string of the molecule is Fc1cc2c(ccc3c2ccc2c4ccc5sc(F)cc5c4ccc32)s1. The van der Waals surface area contributed by atoms with E-state index in [2.05, 4.69) is 36.4 Å². The second-order valence-electron chi connectivity index (χ2n) is 6.47. The largest absolute Gasteiger partial charge is 0.195 e. The highest BCUT2D eigenvalue weighted by molar-refractivity contribution is 7.18. The maximum absolute atomic E-state index is 13.7. The summed E-state index contributed by atoms with van der Waals surface area (Å²) in [4.78, 5) is 0. The molecule has 0 fully saturated rings. The molecule has 2 heterocycles. The molecule has 26 heavy (non-hydrogen) atoms. The molecule has 0 radical (unpaired) electrons. The van der Waals surface area contributed by atoms with Crippen LogP contribution in [0.25, 0.3) is 52.5 Å². The molecule has 0 saturated carbocycles. The van der Waals surface area contributed by atoms with Gasteiger partial charge in [-0.2, -0.15) is 8.78 Å². The standard InChI is InChI=1S/C22H10F2S2/c23-21-9-17-15-3-1-11-12(14(15)6-8-19(17)25-21)2-4-16-13(11)5-7-20-18(16)10-22(24)26-20/h1-10H. The first-order chi connectivity index (χ1) is 12.7. The summed E-state index contributed by atoms with van der Waals surface area (Å²) < 4.78 is 29.3. The minimum Gasteiger partial charge on any atom is -0.195 e. The highest BCUT2D eigenvalue weighted by Crippen LogP contribution is 2.39. The second-order valence-corrected chi connectivity index (χ2v) is 8.54. The zero-order valence-corrected chi connectivity index (χ0v) is 15.0. The van der Waals surface area contributed by atoms with Gasteiger partial charge < -0.3 is 0 Å². The van der Waals surface area contributed by atoms with Crippen LogP contribution in [0.15, 0.2) is 60.7 Å². The van der Waals surface area contributed by atoms with Crippen LogP contribution in [0.5, 0.6) is 0 Å². The average Bonchev–Trinajstić information content (AvgIpc) is 3.21. The Balaban J connectivity index is 1.81. The Bertz CT molecular complexity index is 1390. The fraction of sp³-hybridized carbons (Fsp3) is 0. The summed E-state index contributed by atoms with van der Waals surface area (Å²) in [6.07, 6.45) is 0. The number of halogens is 2. The number of hydrogen-bond donors (Lipinski definition) is 0. The van der Waals surface area contributed by atoms with Crippen LogP contribution in [0.3, 0.4) is 0 Å². The van der Waals surface area contributed by atoms with E-state index in [1.165, 1.54) is 22.7 Å². The third-order valence-electron chi connectivity index (χ3n) is 5.13. The van der Waals surface area contributed by atoms with E-state index in [0.717, 1.165) is 52.5 Å². The zero-order chi connectivity index (χ0) is 17.4. The van der Waals surface area contributed by atoms with Crippen molar-refractivity contribution in [3.05, 3.63) is 70.9 Å². The van der Waals surface area contributed by atoms with E-state index in [0.29, 0.717) is 0 Å². The van der Waals surface area contributed by atoms with Gasteiger partial charge in [0.05, 0.1) is 0 Å². The van der Waals surface area contributed by atoms with Gasteiger partial charge in [-0.05, 0) is 56.6 Å². The molecule has 6 aromatic rings. The second kappa shape index (κ2) is 5.00. The van der Waals surface area contributed by atoms with Crippen LogP contribution in [0.2, 0.25) is 0 Å². The van der Waals surface area contributed by atoms with Gasteiger partial charge in [0.15, 0.2) is 10.3 Å². The third kappa shape index (κ3) is 1.86. The summed E-state index contributed by atoms with van der Waals surface area (Å²) in [5.41, 5.74) is 0. The Hall–Kier alpha value is -2.56. The van der Waals surface area contributed by atoms with E-state index in [1.807, 2.05) is 12.1 Å². The quantitative estimate of drug-likeness (QED) is 0.237. The van der Waals surface area contributed by atoms with Crippen molar-refractivity contribution in [2.45, 2.75) is 0 Å². The van der Waals surface area contributed by atoms with Gasteiger partial charge in [-0.3, -0.25) is 0 Å². The zero-order valence-electron chi connectivity index (χ0n) is 13.3. The van der Waals surface area contributed by atoms with Gasteiger partial charge >= 0.3 is 0 Å². The molecular formula is C22H10F2S2. The van der Waals surface area contributed by atoms with Crippen LogP contribution in [-0.4, -0.2) is 0 Å². The molecule has 124 valence electrons. The first-order valence-electron chi connectivity index (χ1n) is 8.24. The Kier molecular flexibility index (Phi) is 2.80. The Labute approximate surface area is 154 Å². The molecule has 0 bridgehead atoms. The minimum absolute atomic E-state index is 0.159. The Morgan fingerprint density at radius 2 is 0.731 bits per heavy atom. The maximum Gasteiger partial charge on any atom is 0.177 e. The van der Waals surface area contributed by atoms with E-state index >= 15 is 0 Å². The summed E-state index contributed by atoms with van der Waals surface area (Å²) >= 11 is 2.36. The van der Waals surface area contributed by atoms with E-state index in [-0.39, 0.29) is 10.3 Å². The predicted octanol–water partition coefficient (Wildman–Crippen LogP) is 7.85. The average molecular weight is 376 g/mol. The molecule has 0 amide bonds. The summed E-state index contributed by atoms with van der Waals surface area (Å²) in [6, 6.07) is 19.7. The van der Waals surface area contributed by atoms with Crippen LogP contribution in [-0.2, 0) is 0 Å². The molecule has 0 nitrogen and oxygen atoms in total. The van der Waals surface area contributed by atoms with E-state index in [9.17, 15) is 8.78 Å². The van der Waals surface area contributed by atoms with Crippen LogP contribution < -0.4 is 0 Å². The number of hydrogen-bond acceptors (Lipinski definition) is 2. The lowest BCUT2D eigenvalue weighted by atomic mass is 9.95.